The fourth-order valence-electron chi connectivity index (χ4n) is 2.22. The normalized spacial score (nSPS) is 12.0. The van der Waals surface area contributed by atoms with Crippen LogP contribution in [0.15, 0.2) is 36.4 Å². The first-order chi connectivity index (χ1) is 10.5. The van der Waals surface area contributed by atoms with Crippen molar-refractivity contribution in [3.8, 4) is 11.5 Å². The molecule has 0 bridgehead atoms. The van der Waals surface area contributed by atoms with Crippen molar-refractivity contribution in [2.75, 3.05) is 14.2 Å². The van der Waals surface area contributed by atoms with Gasteiger partial charge in [-0.3, -0.25) is 0 Å². The van der Waals surface area contributed by atoms with Crippen LogP contribution in [0.4, 0.5) is 0 Å². The molecule has 0 radical (unpaired) electrons. The Hall–Kier alpha value is -0.540. The molecule has 0 spiro atoms. The molecule has 0 saturated heterocycles. The third-order valence-electron chi connectivity index (χ3n) is 3.49. The zero-order valence-electron chi connectivity index (χ0n) is 12.8. The first-order valence-electron chi connectivity index (χ1n) is 6.94. The van der Waals surface area contributed by atoms with E-state index >= 15 is 0 Å². The van der Waals surface area contributed by atoms with Crippen molar-refractivity contribution in [2.45, 2.75) is 19.5 Å². The maximum atomic E-state index is 5.35. The molecule has 0 aliphatic heterocycles. The van der Waals surface area contributed by atoms with Gasteiger partial charge in [0, 0.05) is 19.7 Å². The molecule has 0 fully saturated rings. The summed E-state index contributed by atoms with van der Waals surface area (Å²) in [6.07, 6.45) is 0. The van der Waals surface area contributed by atoms with E-state index in [1.807, 2.05) is 12.1 Å². The highest BCUT2D eigenvalue weighted by Gasteiger charge is 2.10. The lowest BCUT2D eigenvalue weighted by Crippen LogP contribution is -2.19. The SMILES string of the molecule is COc1ccc(CNC(C)c2ccc(I)cc2I)cc1OC. The molecular weight excluding hydrogens is 504 g/mol. The summed E-state index contributed by atoms with van der Waals surface area (Å²) in [6, 6.07) is 12.8. The van der Waals surface area contributed by atoms with E-state index in [1.54, 1.807) is 14.2 Å². The Kier molecular flexibility index (Phi) is 6.76. The van der Waals surface area contributed by atoms with E-state index in [-0.39, 0.29) is 6.04 Å². The third kappa shape index (κ3) is 4.48. The van der Waals surface area contributed by atoms with E-state index in [9.17, 15) is 0 Å². The van der Waals surface area contributed by atoms with Crippen LogP contribution in [0.1, 0.15) is 24.1 Å². The van der Waals surface area contributed by atoms with Gasteiger partial charge >= 0.3 is 0 Å². The standard InChI is InChI=1S/C17H19I2NO2/c1-11(14-6-5-13(18)9-15(14)19)20-10-12-4-7-16(21-2)17(8-12)22-3/h4-9,11,20H,10H2,1-3H3. The van der Waals surface area contributed by atoms with Crippen molar-refractivity contribution in [3.05, 3.63) is 54.7 Å². The van der Waals surface area contributed by atoms with Crippen LogP contribution in [0.5, 0.6) is 11.5 Å². The number of nitrogens with one attached hydrogen (secondary N) is 1. The summed E-state index contributed by atoms with van der Waals surface area (Å²) in [6.45, 7) is 2.97. The van der Waals surface area contributed by atoms with E-state index in [1.165, 1.54) is 18.3 Å². The highest BCUT2D eigenvalue weighted by molar-refractivity contribution is 14.1. The number of methoxy groups -OCH3 is 2. The van der Waals surface area contributed by atoms with Gasteiger partial charge in [0.1, 0.15) is 0 Å². The van der Waals surface area contributed by atoms with Crippen LogP contribution in [0.2, 0.25) is 0 Å². The fourth-order valence-corrected chi connectivity index (χ4v) is 4.29. The van der Waals surface area contributed by atoms with Gasteiger partial charge in [-0.15, -0.1) is 0 Å². The minimum Gasteiger partial charge on any atom is -0.493 e. The second-order valence-corrected chi connectivity index (χ2v) is 7.37. The highest BCUT2D eigenvalue weighted by atomic mass is 127. The van der Waals surface area contributed by atoms with Gasteiger partial charge in [-0.1, -0.05) is 12.1 Å². The van der Waals surface area contributed by atoms with Crippen LogP contribution in [-0.2, 0) is 6.54 Å². The summed E-state index contributed by atoms with van der Waals surface area (Å²) in [5.74, 6) is 1.52. The lowest BCUT2D eigenvalue weighted by molar-refractivity contribution is 0.354. The van der Waals surface area contributed by atoms with Gasteiger partial charge in [-0.05, 0) is 87.5 Å². The largest absolute Gasteiger partial charge is 0.493 e. The minimum absolute atomic E-state index is 0.289. The van der Waals surface area contributed by atoms with E-state index in [4.69, 9.17) is 9.47 Å². The number of ether oxygens (including phenoxy) is 2. The number of benzene rings is 2. The van der Waals surface area contributed by atoms with Crippen molar-refractivity contribution in [1.82, 2.24) is 5.32 Å². The Labute approximate surface area is 159 Å². The fraction of sp³-hybridized carbons (Fsp3) is 0.294. The summed E-state index contributed by atoms with van der Waals surface area (Å²) in [5.41, 5.74) is 2.49. The molecule has 5 heteroatoms. The lowest BCUT2D eigenvalue weighted by Gasteiger charge is -2.17. The Morgan fingerprint density at radius 2 is 1.73 bits per heavy atom. The molecule has 0 aliphatic carbocycles. The van der Waals surface area contributed by atoms with Crippen molar-refractivity contribution in [2.24, 2.45) is 0 Å². The molecule has 0 amide bonds. The molecule has 118 valence electrons. The van der Waals surface area contributed by atoms with Crippen LogP contribution in [0, 0.1) is 7.14 Å². The molecule has 2 aromatic rings. The molecule has 1 N–H and O–H groups in total. The number of hydrogen-bond donors (Lipinski definition) is 1. The van der Waals surface area contributed by atoms with Crippen LogP contribution in [0.3, 0.4) is 0 Å². The van der Waals surface area contributed by atoms with Gasteiger partial charge in [0.15, 0.2) is 11.5 Å². The molecule has 0 saturated carbocycles. The average Bonchev–Trinajstić information content (AvgIpc) is 2.52. The predicted octanol–water partition coefficient (Wildman–Crippen LogP) is 4.76. The highest BCUT2D eigenvalue weighted by Crippen LogP contribution is 2.28. The van der Waals surface area contributed by atoms with Crippen LogP contribution in [-0.4, -0.2) is 14.2 Å². The number of rotatable bonds is 6. The Bertz CT molecular complexity index is 647. The maximum absolute atomic E-state index is 5.35. The molecule has 0 heterocycles. The van der Waals surface area contributed by atoms with E-state index in [0.717, 1.165) is 18.0 Å². The van der Waals surface area contributed by atoms with Crippen molar-refractivity contribution in [1.29, 1.82) is 0 Å². The van der Waals surface area contributed by atoms with E-state index in [2.05, 4.69) is 81.7 Å². The van der Waals surface area contributed by atoms with Gasteiger partial charge in [0.05, 0.1) is 14.2 Å². The third-order valence-corrected chi connectivity index (χ3v) is 5.09. The topological polar surface area (TPSA) is 30.5 Å². The Balaban J connectivity index is 2.06. The van der Waals surface area contributed by atoms with Crippen LogP contribution < -0.4 is 14.8 Å². The first-order valence-corrected chi connectivity index (χ1v) is 9.10. The van der Waals surface area contributed by atoms with E-state index in [0.29, 0.717) is 0 Å². The molecule has 1 atom stereocenters. The quantitative estimate of drug-likeness (QED) is 0.555. The first kappa shape index (κ1) is 17.8. The average molecular weight is 523 g/mol. The molecule has 3 nitrogen and oxygen atoms in total. The maximum Gasteiger partial charge on any atom is 0.161 e. The summed E-state index contributed by atoms with van der Waals surface area (Å²) in [7, 11) is 3.31. The summed E-state index contributed by atoms with van der Waals surface area (Å²) >= 11 is 4.73. The van der Waals surface area contributed by atoms with Gasteiger partial charge in [-0.25, -0.2) is 0 Å². The Morgan fingerprint density at radius 1 is 1.00 bits per heavy atom. The van der Waals surface area contributed by atoms with Crippen LogP contribution in [0.25, 0.3) is 0 Å². The van der Waals surface area contributed by atoms with Crippen LogP contribution >= 0.6 is 45.2 Å². The molecule has 2 rings (SSSR count). The monoisotopic (exact) mass is 523 g/mol. The summed E-state index contributed by atoms with van der Waals surface area (Å²) < 4.78 is 13.2. The second kappa shape index (κ2) is 8.35. The lowest BCUT2D eigenvalue weighted by atomic mass is 10.1. The molecule has 2 aromatic carbocycles. The van der Waals surface area contributed by atoms with Gasteiger partial charge in [0.25, 0.3) is 0 Å². The van der Waals surface area contributed by atoms with E-state index < -0.39 is 0 Å². The minimum atomic E-state index is 0.289. The molecule has 1 unspecified atom stereocenters. The second-order valence-electron chi connectivity index (χ2n) is 4.96. The van der Waals surface area contributed by atoms with Gasteiger partial charge in [0.2, 0.25) is 0 Å². The van der Waals surface area contributed by atoms with Crippen molar-refractivity contribution in [3.63, 3.8) is 0 Å². The Morgan fingerprint density at radius 3 is 2.36 bits per heavy atom. The van der Waals surface area contributed by atoms with Gasteiger partial charge in [-0.2, -0.15) is 0 Å². The molecule has 0 aromatic heterocycles. The van der Waals surface area contributed by atoms with Gasteiger partial charge < -0.3 is 14.8 Å². The molecule has 0 aliphatic rings. The zero-order chi connectivity index (χ0) is 16.1. The smallest absolute Gasteiger partial charge is 0.161 e. The van der Waals surface area contributed by atoms with Crippen molar-refractivity contribution < 1.29 is 9.47 Å². The molecular formula is C17H19I2NO2. The predicted molar refractivity (Wildman–Crippen MR) is 107 cm³/mol. The van der Waals surface area contributed by atoms with Crippen molar-refractivity contribution >= 4 is 45.2 Å². The summed E-state index contributed by atoms with van der Waals surface area (Å²) in [4.78, 5) is 0. The summed E-state index contributed by atoms with van der Waals surface area (Å²) in [5, 5.41) is 3.56. The number of halogens is 2. The number of hydrogen-bond acceptors (Lipinski definition) is 3. The molecule has 22 heavy (non-hydrogen) atoms. The zero-order valence-corrected chi connectivity index (χ0v) is 17.1.